The van der Waals surface area contributed by atoms with Crippen molar-refractivity contribution in [3.05, 3.63) is 58.6 Å². The van der Waals surface area contributed by atoms with E-state index in [1.54, 1.807) is 12.1 Å². The van der Waals surface area contributed by atoms with Gasteiger partial charge in [-0.3, -0.25) is 14.5 Å². The van der Waals surface area contributed by atoms with E-state index in [1.807, 2.05) is 18.2 Å². The zero-order valence-electron chi connectivity index (χ0n) is 17.9. The van der Waals surface area contributed by atoms with Crippen molar-refractivity contribution >= 4 is 29.1 Å². The van der Waals surface area contributed by atoms with Crippen molar-refractivity contribution < 1.29 is 14.3 Å². The maximum Gasteiger partial charge on any atom is 0.255 e. The first kappa shape index (κ1) is 21.7. The van der Waals surface area contributed by atoms with Crippen molar-refractivity contribution in [1.29, 1.82) is 0 Å². The average molecular weight is 442 g/mol. The van der Waals surface area contributed by atoms with Gasteiger partial charge in [-0.25, -0.2) is 0 Å². The number of carbonyl (C=O) groups is 2. The van der Waals surface area contributed by atoms with Crippen molar-refractivity contribution in [3.8, 4) is 5.75 Å². The summed E-state index contributed by atoms with van der Waals surface area (Å²) >= 11 is 6.37. The molecule has 164 valence electrons. The fourth-order valence-electron chi connectivity index (χ4n) is 4.08. The Labute approximate surface area is 187 Å². The number of halogens is 1. The monoisotopic (exact) mass is 441 g/mol. The first-order chi connectivity index (χ1) is 14.9. The molecule has 2 fully saturated rings. The third kappa shape index (κ3) is 5.20. The number of benzene rings is 2. The minimum absolute atomic E-state index is 0.0420. The van der Waals surface area contributed by atoms with Gasteiger partial charge in [-0.1, -0.05) is 41.9 Å². The van der Waals surface area contributed by atoms with E-state index < -0.39 is 0 Å². The number of likely N-dealkylation sites (tertiary alicyclic amines) is 1. The molecule has 1 saturated carbocycles. The molecule has 0 bridgehead atoms. The van der Waals surface area contributed by atoms with Gasteiger partial charge in [-0.2, -0.15) is 0 Å². The molecule has 2 atom stereocenters. The van der Waals surface area contributed by atoms with Crippen LogP contribution in [-0.4, -0.2) is 42.5 Å². The zero-order valence-corrected chi connectivity index (χ0v) is 18.6. The average Bonchev–Trinajstić information content (AvgIpc) is 3.55. The molecule has 2 N–H and O–H groups in total. The van der Waals surface area contributed by atoms with E-state index in [0.29, 0.717) is 28.1 Å². The first-order valence-electron chi connectivity index (χ1n) is 10.7. The van der Waals surface area contributed by atoms with E-state index >= 15 is 0 Å². The highest BCUT2D eigenvalue weighted by Crippen LogP contribution is 2.35. The topological polar surface area (TPSA) is 70.7 Å². The maximum atomic E-state index is 13.0. The van der Waals surface area contributed by atoms with Gasteiger partial charge >= 0.3 is 0 Å². The summed E-state index contributed by atoms with van der Waals surface area (Å²) in [5, 5.41) is 6.28. The molecule has 4 rings (SSSR count). The summed E-state index contributed by atoms with van der Waals surface area (Å²) in [7, 11) is 1.51. The normalized spacial score (nSPS) is 21.0. The molecule has 0 radical (unpaired) electrons. The molecule has 0 spiro atoms. The molecule has 2 aromatic carbocycles. The lowest BCUT2D eigenvalue weighted by atomic mass is 10.1. The molecule has 1 aliphatic heterocycles. The van der Waals surface area contributed by atoms with Crippen LogP contribution in [0, 0.1) is 5.92 Å². The minimum Gasteiger partial charge on any atom is -0.496 e. The lowest BCUT2D eigenvalue weighted by Crippen LogP contribution is -2.37. The summed E-state index contributed by atoms with van der Waals surface area (Å²) in [6.45, 7) is 3.83. The fourth-order valence-corrected chi connectivity index (χ4v) is 4.29. The van der Waals surface area contributed by atoms with Gasteiger partial charge in [0.25, 0.3) is 5.91 Å². The number of hydrogen-bond acceptors (Lipinski definition) is 4. The molecule has 2 aliphatic rings. The quantitative estimate of drug-likeness (QED) is 0.678. The summed E-state index contributed by atoms with van der Waals surface area (Å²) < 4.78 is 5.42. The minimum atomic E-state index is -0.224. The van der Waals surface area contributed by atoms with E-state index in [-0.39, 0.29) is 23.8 Å². The number of hydrogen-bond donors (Lipinski definition) is 2. The second-order valence-corrected chi connectivity index (χ2v) is 8.87. The zero-order chi connectivity index (χ0) is 22.0. The highest BCUT2D eigenvalue weighted by Gasteiger charge is 2.32. The van der Waals surface area contributed by atoms with Gasteiger partial charge < -0.3 is 15.4 Å². The number of carbonyl (C=O) groups excluding carboxylic acids is 2. The van der Waals surface area contributed by atoms with E-state index in [1.165, 1.54) is 12.7 Å². The van der Waals surface area contributed by atoms with Crippen molar-refractivity contribution in [3.63, 3.8) is 0 Å². The van der Waals surface area contributed by atoms with Crippen LogP contribution in [0.3, 0.4) is 0 Å². The molecule has 2 aromatic rings. The van der Waals surface area contributed by atoms with Gasteiger partial charge in [-0.15, -0.1) is 0 Å². The summed E-state index contributed by atoms with van der Waals surface area (Å²) in [6.07, 6.45) is 2.69. The Morgan fingerprint density at radius 1 is 1.19 bits per heavy atom. The van der Waals surface area contributed by atoms with E-state index in [4.69, 9.17) is 16.3 Å². The van der Waals surface area contributed by atoms with Crippen LogP contribution in [0.4, 0.5) is 5.69 Å². The van der Waals surface area contributed by atoms with E-state index in [0.717, 1.165) is 32.4 Å². The second-order valence-electron chi connectivity index (χ2n) is 8.47. The number of amides is 2. The predicted octanol–water partition coefficient (Wildman–Crippen LogP) is 4.09. The van der Waals surface area contributed by atoms with Crippen LogP contribution in [0.1, 0.15) is 42.1 Å². The third-order valence-electron chi connectivity index (χ3n) is 6.01. The summed E-state index contributed by atoms with van der Waals surface area (Å²) in [6, 6.07) is 13.9. The summed E-state index contributed by atoms with van der Waals surface area (Å²) in [4.78, 5) is 27.4. The van der Waals surface area contributed by atoms with Gasteiger partial charge in [0.1, 0.15) is 5.75 Å². The molecule has 2 amide bonds. The SMILES string of the molecule is COc1cc(NC(=O)C2CC2)c(Cl)cc1C(=O)N[C@H]1C[C@@H](C)N(Cc2ccccc2)C1. The molecule has 1 aliphatic carbocycles. The molecular weight excluding hydrogens is 414 g/mol. The molecule has 1 saturated heterocycles. The molecule has 6 nitrogen and oxygen atoms in total. The van der Waals surface area contributed by atoms with Gasteiger partial charge in [0, 0.05) is 37.2 Å². The van der Waals surface area contributed by atoms with Crippen molar-refractivity contribution in [2.75, 3.05) is 19.0 Å². The lowest BCUT2D eigenvalue weighted by Gasteiger charge is -2.21. The van der Waals surface area contributed by atoms with Crippen molar-refractivity contribution in [1.82, 2.24) is 10.2 Å². The molecular formula is C24H28ClN3O3. The Balaban J connectivity index is 1.42. The Bertz CT molecular complexity index is 962. The van der Waals surface area contributed by atoms with Crippen LogP contribution in [0.15, 0.2) is 42.5 Å². The van der Waals surface area contributed by atoms with Crippen molar-refractivity contribution in [2.45, 2.75) is 44.8 Å². The Morgan fingerprint density at radius 3 is 2.61 bits per heavy atom. The van der Waals surface area contributed by atoms with E-state index in [9.17, 15) is 9.59 Å². The van der Waals surface area contributed by atoms with Crippen LogP contribution in [0.25, 0.3) is 0 Å². The van der Waals surface area contributed by atoms with E-state index in [2.05, 4.69) is 34.6 Å². The standard InChI is InChI=1S/C24H28ClN3O3/c1-15-10-18(14-28(15)13-16-6-4-3-5-7-16)26-24(30)19-11-20(25)21(12-22(19)31-2)27-23(29)17-8-9-17/h3-7,11-12,15,17-18H,8-10,13-14H2,1-2H3,(H,26,30)(H,27,29)/t15-,18+/m1/s1. The lowest BCUT2D eigenvalue weighted by molar-refractivity contribution is -0.117. The predicted molar refractivity (Wildman–Crippen MR) is 122 cm³/mol. The Morgan fingerprint density at radius 2 is 1.94 bits per heavy atom. The molecule has 7 heteroatoms. The van der Waals surface area contributed by atoms with Crippen LogP contribution >= 0.6 is 11.6 Å². The molecule has 31 heavy (non-hydrogen) atoms. The molecule has 0 unspecified atom stereocenters. The number of anilines is 1. The number of nitrogens with zero attached hydrogens (tertiary/aromatic N) is 1. The Kier molecular flexibility index (Phi) is 6.49. The summed E-state index contributed by atoms with van der Waals surface area (Å²) in [5.74, 6) is 0.186. The number of ether oxygens (including phenoxy) is 1. The Hall–Kier alpha value is -2.57. The van der Waals surface area contributed by atoms with Crippen LogP contribution in [-0.2, 0) is 11.3 Å². The smallest absolute Gasteiger partial charge is 0.255 e. The van der Waals surface area contributed by atoms with Gasteiger partial charge in [-0.05, 0) is 37.8 Å². The number of methoxy groups -OCH3 is 1. The van der Waals surface area contributed by atoms with Gasteiger partial charge in [0.2, 0.25) is 5.91 Å². The first-order valence-corrected chi connectivity index (χ1v) is 11.1. The van der Waals surface area contributed by atoms with Crippen LogP contribution in [0.2, 0.25) is 5.02 Å². The highest BCUT2D eigenvalue weighted by molar-refractivity contribution is 6.34. The fraction of sp³-hybridized carbons (Fsp3) is 0.417. The van der Waals surface area contributed by atoms with Crippen LogP contribution < -0.4 is 15.4 Å². The number of rotatable bonds is 7. The largest absolute Gasteiger partial charge is 0.496 e. The van der Waals surface area contributed by atoms with Crippen LogP contribution in [0.5, 0.6) is 5.75 Å². The van der Waals surface area contributed by atoms with Crippen molar-refractivity contribution in [2.24, 2.45) is 5.92 Å². The number of nitrogens with one attached hydrogen (secondary N) is 2. The third-order valence-corrected chi connectivity index (χ3v) is 6.32. The maximum absolute atomic E-state index is 13.0. The highest BCUT2D eigenvalue weighted by atomic mass is 35.5. The van der Waals surface area contributed by atoms with Gasteiger partial charge in [0.05, 0.1) is 23.4 Å². The molecule has 0 aromatic heterocycles. The van der Waals surface area contributed by atoms with Gasteiger partial charge in [0.15, 0.2) is 0 Å². The second kappa shape index (κ2) is 9.28. The molecule has 1 heterocycles. The summed E-state index contributed by atoms with van der Waals surface area (Å²) in [5.41, 5.74) is 2.10.